The third kappa shape index (κ3) is 4.25. The molecule has 0 aromatic heterocycles. The minimum absolute atomic E-state index is 0.130. The number of aliphatic hydroxyl groups excluding tert-OH is 1. The van der Waals surface area contributed by atoms with Crippen LogP contribution < -0.4 is 0 Å². The summed E-state index contributed by atoms with van der Waals surface area (Å²) in [5.41, 5.74) is 1.59. The van der Waals surface area contributed by atoms with Crippen molar-refractivity contribution in [3.63, 3.8) is 0 Å². The van der Waals surface area contributed by atoms with Crippen LogP contribution in [0.2, 0.25) is 0 Å². The van der Waals surface area contributed by atoms with Crippen LogP contribution in [-0.4, -0.2) is 16.5 Å². The maximum Gasteiger partial charge on any atom is 0.0662 e. The Morgan fingerprint density at radius 3 is 2.26 bits per heavy atom. The highest BCUT2D eigenvalue weighted by Crippen LogP contribution is 2.34. The molecule has 2 heteroatoms. The number of benzene rings is 1. The maximum atomic E-state index is 10.2. The van der Waals surface area contributed by atoms with Crippen LogP contribution in [0.5, 0.6) is 0 Å². The second-order valence-electron chi connectivity index (χ2n) is 6.64. The Morgan fingerprint density at radius 2 is 1.63 bits per heavy atom. The van der Waals surface area contributed by atoms with E-state index in [-0.39, 0.29) is 11.5 Å². The molecule has 1 fully saturated rings. The molecule has 0 bridgehead atoms. The predicted molar refractivity (Wildman–Crippen MR) is 83.9 cm³/mol. The summed E-state index contributed by atoms with van der Waals surface area (Å²) in [6.45, 7) is 6.72. The van der Waals surface area contributed by atoms with Crippen molar-refractivity contribution < 1.29 is 5.11 Å². The Bertz CT molecular complexity index is 391. The number of aliphatic hydroxyl groups is 1. The third-order valence-electron chi connectivity index (χ3n) is 3.93. The van der Waals surface area contributed by atoms with Crippen molar-refractivity contribution in [2.45, 2.75) is 74.5 Å². The van der Waals surface area contributed by atoms with E-state index >= 15 is 0 Å². The summed E-state index contributed by atoms with van der Waals surface area (Å²) in [6.07, 6.45) is 5.70. The molecule has 0 amide bonds. The van der Waals surface area contributed by atoms with Crippen LogP contribution in [0.3, 0.4) is 0 Å². The average Bonchev–Trinajstić information content (AvgIpc) is 2.55. The second kappa shape index (κ2) is 6.32. The van der Waals surface area contributed by atoms with Gasteiger partial charge in [-0.2, -0.15) is 0 Å². The Morgan fingerprint density at radius 1 is 1.00 bits per heavy atom. The fourth-order valence-electron chi connectivity index (χ4n) is 2.60. The van der Waals surface area contributed by atoms with Crippen molar-refractivity contribution in [1.29, 1.82) is 0 Å². The van der Waals surface area contributed by atoms with Crippen molar-refractivity contribution in [3.8, 4) is 0 Å². The highest BCUT2D eigenvalue weighted by molar-refractivity contribution is 8.00. The van der Waals surface area contributed by atoms with E-state index < -0.39 is 0 Å². The Kier molecular flexibility index (Phi) is 4.97. The van der Waals surface area contributed by atoms with Gasteiger partial charge in [0, 0.05) is 10.1 Å². The zero-order chi connectivity index (χ0) is 13.9. The SMILES string of the molecule is CC(C)(C)c1ccc(SC2CCCCCC2O)cc1. The molecule has 1 N–H and O–H groups in total. The van der Waals surface area contributed by atoms with E-state index in [1.54, 1.807) is 0 Å². The van der Waals surface area contributed by atoms with Crippen molar-refractivity contribution in [1.82, 2.24) is 0 Å². The number of hydrogen-bond donors (Lipinski definition) is 1. The van der Waals surface area contributed by atoms with Crippen molar-refractivity contribution in [2.24, 2.45) is 0 Å². The zero-order valence-electron chi connectivity index (χ0n) is 12.4. The molecule has 0 heterocycles. The molecular weight excluding hydrogens is 252 g/mol. The van der Waals surface area contributed by atoms with Crippen molar-refractivity contribution >= 4 is 11.8 Å². The van der Waals surface area contributed by atoms with Gasteiger partial charge in [-0.05, 0) is 36.0 Å². The van der Waals surface area contributed by atoms with Crippen LogP contribution in [0.15, 0.2) is 29.2 Å². The molecule has 1 aliphatic carbocycles. The molecule has 0 spiro atoms. The quantitative estimate of drug-likeness (QED) is 0.786. The van der Waals surface area contributed by atoms with E-state index in [2.05, 4.69) is 45.0 Å². The summed E-state index contributed by atoms with van der Waals surface area (Å²) < 4.78 is 0. The minimum Gasteiger partial charge on any atom is -0.392 e. The van der Waals surface area contributed by atoms with Crippen LogP contribution in [0, 0.1) is 0 Å². The molecule has 2 rings (SSSR count). The van der Waals surface area contributed by atoms with Crippen LogP contribution in [0.1, 0.15) is 58.4 Å². The van der Waals surface area contributed by atoms with E-state index in [0.717, 1.165) is 12.8 Å². The largest absolute Gasteiger partial charge is 0.392 e. The number of thioether (sulfide) groups is 1. The fraction of sp³-hybridized carbons (Fsp3) is 0.647. The normalized spacial score (nSPS) is 25.1. The topological polar surface area (TPSA) is 20.2 Å². The smallest absolute Gasteiger partial charge is 0.0662 e. The summed E-state index contributed by atoms with van der Waals surface area (Å²) in [6, 6.07) is 8.88. The highest BCUT2D eigenvalue weighted by Gasteiger charge is 2.22. The Balaban J connectivity index is 2.02. The molecule has 106 valence electrons. The van der Waals surface area contributed by atoms with Gasteiger partial charge >= 0.3 is 0 Å². The van der Waals surface area contributed by atoms with Gasteiger partial charge in [0.15, 0.2) is 0 Å². The minimum atomic E-state index is -0.130. The monoisotopic (exact) mass is 278 g/mol. The van der Waals surface area contributed by atoms with Crippen LogP contribution >= 0.6 is 11.8 Å². The first-order valence-corrected chi connectivity index (χ1v) is 8.30. The molecule has 1 aromatic carbocycles. The molecule has 1 nitrogen and oxygen atoms in total. The van der Waals surface area contributed by atoms with Gasteiger partial charge in [-0.15, -0.1) is 11.8 Å². The number of hydrogen-bond acceptors (Lipinski definition) is 2. The molecule has 0 saturated heterocycles. The molecule has 19 heavy (non-hydrogen) atoms. The van der Waals surface area contributed by atoms with Gasteiger partial charge in [0.25, 0.3) is 0 Å². The lowest BCUT2D eigenvalue weighted by atomic mass is 9.87. The lowest BCUT2D eigenvalue weighted by molar-refractivity contribution is 0.163. The zero-order valence-corrected chi connectivity index (χ0v) is 13.2. The third-order valence-corrected chi connectivity index (χ3v) is 5.32. The van der Waals surface area contributed by atoms with E-state index in [1.807, 2.05) is 11.8 Å². The average molecular weight is 278 g/mol. The van der Waals surface area contributed by atoms with Gasteiger partial charge in [-0.3, -0.25) is 0 Å². The van der Waals surface area contributed by atoms with Gasteiger partial charge in [-0.1, -0.05) is 52.2 Å². The molecule has 1 aromatic rings. The van der Waals surface area contributed by atoms with Gasteiger partial charge < -0.3 is 5.11 Å². The lowest BCUT2D eigenvalue weighted by Gasteiger charge is -2.21. The van der Waals surface area contributed by atoms with Crippen LogP contribution in [0.25, 0.3) is 0 Å². The van der Waals surface area contributed by atoms with Crippen molar-refractivity contribution in [3.05, 3.63) is 29.8 Å². The lowest BCUT2D eigenvalue weighted by Crippen LogP contribution is -2.21. The fourth-order valence-corrected chi connectivity index (χ4v) is 3.82. The summed E-state index contributed by atoms with van der Waals surface area (Å²) in [5, 5.41) is 10.6. The molecule has 2 atom stereocenters. The summed E-state index contributed by atoms with van der Waals surface area (Å²) in [4.78, 5) is 1.29. The maximum absolute atomic E-state index is 10.2. The predicted octanol–water partition coefficient (Wildman–Crippen LogP) is 4.77. The summed E-state index contributed by atoms with van der Waals surface area (Å²) in [5.74, 6) is 0. The molecular formula is C17H26OS. The van der Waals surface area contributed by atoms with E-state index in [4.69, 9.17) is 0 Å². The first-order chi connectivity index (χ1) is 8.97. The van der Waals surface area contributed by atoms with Crippen LogP contribution in [-0.2, 0) is 5.41 Å². The Hall–Kier alpha value is -0.470. The molecule has 1 aliphatic rings. The Labute approximate surface area is 121 Å². The van der Waals surface area contributed by atoms with Gasteiger partial charge in [-0.25, -0.2) is 0 Å². The van der Waals surface area contributed by atoms with E-state index in [9.17, 15) is 5.11 Å². The van der Waals surface area contributed by atoms with Crippen molar-refractivity contribution in [2.75, 3.05) is 0 Å². The van der Waals surface area contributed by atoms with Gasteiger partial charge in [0.05, 0.1) is 6.10 Å². The first-order valence-electron chi connectivity index (χ1n) is 7.42. The standard InChI is InChI=1S/C17H26OS/c1-17(2,3)13-9-11-14(12-10-13)19-16-8-6-4-5-7-15(16)18/h9-12,15-16,18H,4-8H2,1-3H3. The number of rotatable bonds is 2. The molecule has 1 saturated carbocycles. The molecule has 2 unspecified atom stereocenters. The van der Waals surface area contributed by atoms with E-state index in [0.29, 0.717) is 5.25 Å². The molecule has 0 aliphatic heterocycles. The second-order valence-corrected chi connectivity index (χ2v) is 7.95. The van der Waals surface area contributed by atoms with E-state index in [1.165, 1.54) is 29.7 Å². The summed E-state index contributed by atoms with van der Waals surface area (Å²) in [7, 11) is 0. The summed E-state index contributed by atoms with van der Waals surface area (Å²) >= 11 is 1.86. The highest BCUT2D eigenvalue weighted by atomic mass is 32.2. The van der Waals surface area contributed by atoms with Crippen LogP contribution in [0.4, 0.5) is 0 Å². The van der Waals surface area contributed by atoms with Gasteiger partial charge in [0.1, 0.15) is 0 Å². The first kappa shape index (κ1) is 14.9. The molecule has 0 radical (unpaired) electrons. The van der Waals surface area contributed by atoms with Gasteiger partial charge in [0.2, 0.25) is 0 Å².